The van der Waals surface area contributed by atoms with E-state index in [-0.39, 0.29) is 0 Å². The van der Waals surface area contributed by atoms with Crippen molar-refractivity contribution in [3.8, 4) is 0 Å². The van der Waals surface area contributed by atoms with E-state index >= 15 is 0 Å². The lowest BCUT2D eigenvalue weighted by atomic mass is 10.1. The fourth-order valence-corrected chi connectivity index (χ4v) is 2.03. The molecule has 108 valence electrons. The maximum Gasteiger partial charge on any atom is 0.153 e. The molecule has 0 aromatic heterocycles. The van der Waals surface area contributed by atoms with Gasteiger partial charge in [0.2, 0.25) is 0 Å². The number of nitrogens with two attached hydrogens (primary N) is 1. The van der Waals surface area contributed by atoms with Gasteiger partial charge < -0.3 is 10.9 Å². The summed E-state index contributed by atoms with van der Waals surface area (Å²) >= 11 is 0. The molecule has 0 spiro atoms. The molecule has 0 rings (SSSR count). The van der Waals surface area contributed by atoms with E-state index in [0.29, 0.717) is 18.4 Å². The first-order chi connectivity index (χ1) is 8.61. The van der Waals surface area contributed by atoms with Gasteiger partial charge in [0.1, 0.15) is 0 Å². The number of nitrogens with zero attached hydrogens (tertiary/aromatic N) is 2. The molecule has 0 bridgehead atoms. The fraction of sp³-hybridized carbons (Fsp3) is 0.929. The van der Waals surface area contributed by atoms with Crippen molar-refractivity contribution >= 4 is 5.84 Å². The van der Waals surface area contributed by atoms with Crippen molar-refractivity contribution in [3.05, 3.63) is 0 Å². The first-order valence-corrected chi connectivity index (χ1v) is 7.32. The van der Waals surface area contributed by atoms with E-state index in [1.54, 1.807) is 0 Å². The van der Waals surface area contributed by atoms with E-state index < -0.39 is 0 Å². The summed E-state index contributed by atoms with van der Waals surface area (Å²) < 4.78 is 0. The standard InChI is InChI=1S/C14H31N3O/c1-4-5-6-7-8-9-10-11-17(13(2)3)12-14(15)16-18/h13,18H,4-12H2,1-3H3,(H2,15,16). The fourth-order valence-electron chi connectivity index (χ4n) is 2.03. The molecule has 0 aromatic carbocycles. The zero-order chi connectivity index (χ0) is 13.8. The summed E-state index contributed by atoms with van der Waals surface area (Å²) in [7, 11) is 0. The summed E-state index contributed by atoms with van der Waals surface area (Å²) in [5.41, 5.74) is 5.56. The first-order valence-electron chi connectivity index (χ1n) is 7.32. The SMILES string of the molecule is CCCCCCCCCN(CC(N)=NO)C(C)C. The molecule has 0 heterocycles. The third-order valence-electron chi connectivity index (χ3n) is 3.27. The van der Waals surface area contributed by atoms with E-state index in [4.69, 9.17) is 10.9 Å². The van der Waals surface area contributed by atoms with Crippen molar-refractivity contribution in [2.75, 3.05) is 13.1 Å². The average molecular weight is 257 g/mol. The Kier molecular flexibility index (Phi) is 10.8. The monoisotopic (exact) mass is 257 g/mol. The molecule has 0 aliphatic rings. The zero-order valence-electron chi connectivity index (χ0n) is 12.4. The third-order valence-corrected chi connectivity index (χ3v) is 3.27. The molecule has 0 saturated heterocycles. The van der Waals surface area contributed by atoms with Crippen LogP contribution in [0.15, 0.2) is 5.16 Å². The number of unbranched alkanes of at least 4 members (excludes halogenated alkanes) is 6. The predicted molar refractivity (Wildman–Crippen MR) is 78.1 cm³/mol. The minimum Gasteiger partial charge on any atom is -0.409 e. The Morgan fingerprint density at radius 2 is 1.67 bits per heavy atom. The molecule has 4 heteroatoms. The Morgan fingerprint density at radius 3 is 2.17 bits per heavy atom. The average Bonchev–Trinajstić information content (AvgIpc) is 2.35. The second kappa shape index (κ2) is 11.3. The van der Waals surface area contributed by atoms with Crippen molar-refractivity contribution in [2.45, 2.75) is 71.8 Å². The van der Waals surface area contributed by atoms with Gasteiger partial charge in [-0.2, -0.15) is 0 Å². The number of rotatable bonds is 11. The van der Waals surface area contributed by atoms with Crippen LogP contribution in [0.2, 0.25) is 0 Å². The van der Waals surface area contributed by atoms with Gasteiger partial charge in [0.05, 0.1) is 6.54 Å². The van der Waals surface area contributed by atoms with Crippen LogP contribution in [0.4, 0.5) is 0 Å². The van der Waals surface area contributed by atoms with Crippen LogP contribution < -0.4 is 5.73 Å². The summed E-state index contributed by atoms with van der Waals surface area (Å²) in [6, 6.07) is 0.436. The van der Waals surface area contributed by atoms with Crippen LogP contribution in [-0.2, 0) is 0 Å². The quantitative estimate of drug-likeness (QED) is 0.196. The second-order valence-electron chi connectivity index (χ2n) is 5.28. The largest absolute Gasteiger partial charge is 0.409 e. The minimum absolute atomic E-state index is 0.298. The van der Waals surface area contributed by atoms with Crippen molar-refractivity contribution in [1.82, 2.24) is 4.90 Å². The molecular formula is C14H31N3O. The second-order valence-corrected chi connectivity index (χ2v) is 5.28. The molecule has 0 aliphatic carbocycles. The number of oxime groups is 1. The Bertz CT molecular complexity index is 217. The Balaban J connectivity index is 3.65. The Hall–Kier alpha value is -0.770. The van der Waals surface area contributed by atoms with E-state index in [1.165, 1.54) is 44.9 Å². The molecule has 0 fully saturated rings. The van der Waals surface area contributed by atoms with Crippen molar-refractivity contribution in [3.63, 3.8) is 0 Å². The summed E-state index contributed by atoms with van der Waals surface area (Å²) in [4.78, 5) is 2.25. The van der Waals surface area contributed by atoms with Crippen LogP contribution in [-0.4, -0.2) is 35.1 Å². The van der Waals surface area contributed by atoms with Gasteiger partial charge in [-0.1, -0.05) is 50.6 Å². The zero-order valence-corrected chi connectivity index (χ0v) is 12.4. The summed E-state index contributed by atoms with van der Waals surface area (Å²) in [5, 5.41) is 11.6. The van der Waals surface area contributed by atoms with Crippen LogP contribution in [0.1, 0.15) is 65.7 Å². The molecule has 0 atom stereocenters. The molecule has 0 saturated carbocycles. The third kappa shape index (κ3) is 9.28. The van der Waals surface area contributed by atoms with Crippen LogP contribution in [0.3, 0.4) is 0 Å². The molecule has 0 radical (unpaired) electrons. The van der Waals surface area contributed by atoms with Gasteiger partial charge in [0.15, 0.2) is 5.84 Å². The van der Waals surface area contributed by atoms with Crippen molar-refractivity contribution in [2.24, 2.45) is 10.9 Å². The van der Waals surface area contributed by atoms with Crippen LogP contribution >= 0.6 is 0 Å². The van der Waals surface area contributed by atoms with Crippen molar-refractivity contribution < 1.29 is 5.21 Å². The van der Waals surface area contributed by atoms with Crippen LogP contribution in [0, 0.1) is 0 Å². The highest BCUT2D eigenvalue weighted by Crippen LogP contribution is 2.08. The first kappa shape index (κ1) is 17.2. The van der Waals surface area contributed by atoms with E-state index in [0.717, 1.165) is 6.54 Å². The highest BCUT2D eigenvalue weighted by Gasteiger charge is 2.10. The molecule has 0 amide bonds. The Labute approximate surface area is 112 Å². The maximum absolute atomic E-state index is 8.59. The number of amidine groups is 1. The maximum atomic E-state index is 8.59. The lowest BCUT2D eigenvalue weighted by Crippen LogP contribution is -2.39. The van der Waals surface area contributed by atoms with E-state index in [9.17, 15) is 0 Å². The molecule has 18 heavy (non-hydrogen) atoms. The van der Waals surface area contributed by atoms with E-state index in [1.807, 2.05) is 0 Å². The van der Waals surface area contributed by atoms with Gasteiger partial charge >= 0.3 is 0 Å². The highest BCUT2D eigenvalue weighted by atomic mass is 16.4. The molecule has 4 nitrogen and oxygen atoms in total. The Morgan fingerprint density at radius 1 is 1.11 bits per heavy atom. The highest BCUT2D eigenvalue weighted by molar-refractivity contribution is 5.81. The van der Waals surface area contributed by atoms with Gasteiger partial charge in [-0.3, -0.25) is 4.90 Å². The normalized spacial score (nSPS) is 12.6. The lowest BCUT2D eigenvalue weighted by molar-refractivity contribution is 0.241. The van der Waals surface area contributed by atoms with Gasteiger partial charge in [-0.05, 0) is 26.8 Å². The summed E-state index contributed by atoms with van der Waals surface area (Å²) in [6.07, 6.45) is 9.20. The van der Waals surface area contributed by atoms with Crippen molar-refractivity contribution in [1.29, 1.82) is 0 Å². The number of hydrogen-bond donors (Lipinski definition) is 2. The summed E-state index contributed by atoms with van der Waals surface area (Å²) in [6.45, 7) is 8.12. The number of hydrogen-bond acceptors (Lipinski definition) is 3. The van der Waals surface area contributed by atoms with Crippen LogP contribution in [0.25, 0.3) is 0 Å². The lowest BCUT2D eigenvalue weighted by Gasteiger charge is -2.25. The molecular weight excluding hydrogens is 226 g/mol. The predicted octanol–water partition coefficient (Wildman–Crippen LogP) is 3.19. The molecule has 0 unspecified atom stereocenters. The van der Waals surface area contributed by atoms with Crippen LogP contribution in [0.5, 0.6) is 0 Å². The molecule has 0 aliphatic heterocycles. The smallest absolute Gasteiger partial charge is 0.153 e. The topological polar surface area (TPSA) is 61.8 Å². The van der Waals surface area contributed by atoms with E-state index in [2.05, 4.69) is 30.8 Å². The summed E-state index contributed by atoms with van der Waals surface area (Å²) in [5.74, 6) is 0.298. The molecule has 3 N–H and O–H groups in total. The van der Waals surface area contributed by atoms with Gasteiger partial charge in [0.25, 0.3) is 0 Å². The minimum atomic E-state index is 0.298. The van der Waals surface area contributed by atoms with Gasteiger partial charge in [0, 0.05) is 6.04 Å². The van der Waals surface area contributed by atoms with Gasteiger partial charge in [-0.15, -0.1) is 0 Å². The van der Waals surface area contributed by atoms with Gasteiger partial charge in [-0.25, -0.2) is 0 Å². The molecule has 0 aromatic rings.